The summed E-state index contributed by atoms with van der Waals surface area (Å²) >= 11 is 9.00. The van der Waals surface area contributed by atoms with E-state index >= 15 is 0 Å². The van der Waals surface area contributed by atoms with Gasteiger partial charge in [-0.2, -0.15) is 0 Å². The van der Waals surface area contributed by atoms with E-state index in [1.165, 1.54) is 12.1 Å². The topological polar surface area (TPSA) is 106 Å². The molecule has 0 aliphatic heterocycles. The van der Waals surface area contributed by atoms with Crippen molar-refractivity contribution in [2.24, 2.45) is 5.14 Å². The highest BCUT2D eigenvalue weighted by Crippen LogP contribution is 2.24. The van der Waals surface area contributed by atoms with Crippen molar-refractivity contribution in [1.29, 1.82) is 0 Å². The fourth-order valence-corrected chi connectivity index (χ4v) is 3.91. The summed E-state index contributed by atoms with van der Waals surface area (Å²) in [6.45, 7) is -0.0366. The molecule has 0 unspecified atom stereocenters. The van der Waals surface area contributed by atoms with E-state index in [1.54, 1.807) is 6.07 Å². The van der Waals surface area contributed by atoms with Crippen molar-refractivity contribution in [1.82, 2.24) is 4.72 Å². The highest BCUT2D eigenvalue weighted by Gasteiger charge is 2.17. The van der Waals surface area contributed by atoms with Crippen LogP contribution in [0.5, 0.6) is 0 Å². The molecule has 0 aromatic heterocycles. The lowest BCUT2D eigenvalue weighted by Gasteiger charge is -2.08. The molecule has 19 heavy (non-hydrogen) atoms. The largest absolute Gasteiger partial charge is 0.242 e. The first-order valence-electron chi connectivity index (χ1n) is 5.07. The van der Waals surface area contributed by atoms with Crippen LogP contribution in [0.15, 0.2) is 27.6 Å². The van der Waals surface area contributed by atoms with Crippen LogP contribution in [0.25, 0.3) is 0 Å². The maximum absolute atomic E-state index is 11.9. The summed E-state index contributed by atoms with van der Waals surface area (Å²) in [6, 6.07) is 4.36. The van der Waals surface area contributed by atoms with Crippen molar-refractivity contribution in [3.8, 4) is 0 Å². The number of rotatable bonds is 6. The summed E-state index contributed by atoms with van der Waals surface area (Å²) in [5.74, 6) is -0.288. The smallest absolute Gasteiger partial charge is 0.229 e. The van der Waals surface area contributed by atoms with Crippen molar-refractivity contribution >= 4 is 47.6 Å². The Bertz CT molecular complexity index is 661. The third-order valence-electron chi connectivity index (χ3n) is 2.08. The minimum Gasteiger partial charge on any atom is -0.229 e. The number of benzene rings is 1. The van der Waals surface area contributed by atoms with Gasteiger partial charge in [-0.05, 0) is 24.6 Å². The van der Waals surface area contributed by atoms with Crippen molar-refractivity contribution < 1.29 is 16.8 Å². The van der Waals surface area contributed by atoms with Gasteiger partial charge in [-0.3, -0.25) is 0 Å². The first kappa shape index (κ1) is 16.9. The Morgan fingerprint density at radius 2 is 1.89 bits per heavy atom. The summed E-state index contributed by atoms with van der Waals surface area (Å²) in [7, 11) is -7.35. The van der Waals surface area contributed by atoms with Crippen molar-refractivity contribution in [3.63, 3.8) is 0 Å². The Morgan fingerprint density at radius 1 is 1.26 bits per heavy atom. The molecule has 1 aromatic carbocycles. The Hall–Kier alpha value is -0.190. The van der Waals surface area contributed by atoms with Crippen molar-refractivity contribution in [2.75, 3.05) is 12.3 Å². The van der Waals surface area contributed by atoms with Gasteiger partial charge in [0.2, 0.25) is 20.0 Å². The first-order valence-corrected chi connectivity index (χ1v) is 9.44. The number of hydrogen-bond acceptors (Lipinski definition) is 4. The van der Waals surface area contributed by atoms with Crippen LogP contribution in [-0.4, -0.2) is 29.1 Å². The summed E-state index contributed by atoms with van der Waals surface area (Å²) in [5, 5.41) is 4.88. The van der Waals surface area contributed by atoms with Gasteiger partial charge < -0.3 is 0 Å². The molecule has 0 radical (unpaired) electrons. The molecular formula is C9H12BrClN2O4S2. The zero-order valence-electron chi connectivity index (χ0n) is 9.64. The Balaban J connectivity index is 2.71. The third-order valence-corrected chi connectivity index (χ3v) is 5.38. The van der Waals surface area contributed by atoms with Crippen LogP contribution < -0.4 is 9.86 Å². The van der Waals surface area contributed by atoms with Crippen LogP contribution in [0.3, 0.4) is 0 Å². The normalized spacial score (nSPS) is 12.6. The molecule has 0 saturated heterocycles. The predicted octanol–water partition coefficient (Wildman–Crippen LogP) is 1.06. The second-order valence-electron chi connectivity index (χ2n) is 3.69. The van der Waals surface area contributed by atoms with Gasteiger partial charge in [0, 0.05) is 11.0 Å². The number of nitrogens with one attached hydrogen (secondary N) is 1. The van der Waals surface area contributed by atoms with Gasteiger partial charge in [0.05, 0.1) is 10.8 Å². The average molecular weight is 392 g/mol. The van der Waals surface area contributed by atoms with Gasteiger partial charge in [-0.1, -0.05) is 27.5 Å². The van der Waals surface area contributed by atoms with Gasteiger partial charge in [0.1, 0.15) is 4.90 Å². The minimum absolute atomic E-state index is 0.0366. The first-order chi connectivity index (χ1) is 8.62. The van der Waals surface area contributed by atoms with E-state index < -0.39 is 20.0 Å². The molecule has 0 aliphatic carbocycles. The molecule has 0 heterocycles. The monoisotopic (exact) mass is 390 g/mol. The summed E-state index contributed by atoms with van der Waals surface area (Å²) < 4.78 is 48.1. The van der Waals surface area contributed by atoms with E-state index in [0.29, 0.717) is 4.47 Å². The minimum atomic E-state index is -3.76. The van der Waals surface area contributed by atoms with Gasteiger partial charge in [-0.15, -0.1) is 0 Å². The summed E-state index contributed by atoms with van der Waals surface area (Å²) in [5.41, 5.74) is 0. The number of primary sulfonamides is 1. The molecule has 0 aliphatic rings. The van der Waals surface area contributed by atoms with Crippen LogP contribution in [0.2, 0.25) is 5.02 Å². The summed E-state index contributed by atoms with van der Waals surface area (Å²) in [4.78, 5) is -0.0621. The number of nitrogens with two attached hydrogens (primary N) is 1. The molecule has 0 spiro atoms. The van der Waals surface area contributed by atoms with Crippen LogP contribution in [-0.2, 0) is 20.0 Å². The van der Waals surface area contributed by atoms with Crippen LogP contribution >= 0.6 is 27.5 Å². The lowest BCUT2D eigenvalue weighted by molar-refractivity contribution is 0.576. The van der Waals surface area contributed by atoms with Crippen LogP contribution in [0.1, 0.15) is 6.42 Å². The molecule has 3 N–H and O–H groups in total. The molecule has 6 nitrogen and oxygen atoms in total. The van der Waals surface area contributed by atoms with Gasteiger partial charge in [0.25, 0.3) is 0 Å². The highest BCUT2D eigenvalue weighted by molar-refractivity contribution is 9.10. The van der Waals surface area contributed by atoms with E-state index in [0.717, 1.165) is 0 Å². The van der Waals surface area contributed by atoms with Gasteiger partial charge >= 0.3 is 0 Å². The van der Waals surface area contributed by atoms with Crippen LogP contribution in [0, 0.1) is 0 Å². The second-order valence-corrected chi connectivity index (χ2v) is 8.49. The maximum Gasteiger partial charge on any atom is 0.242 e. The molecule has 1 aromatic rings. The Morgan fingerprint density at radius 3 is 2.42 bits per heavy atom. The van der Waals surface area contributed by atoms with Crippen molar-refractivity contribution in [2.45, 2.75) is 11.3 Å². The standard InChI is InChI=1S/C9H12BrClN2O4S2/c10-7-2-3-9(8(11)6-7)19(16,17)13-4-1-5-18(12,14)15/h2-3,6,13H,1,4-5H2,(H2,12,14,15). The van der Waals surface area contributed by atoms with Crippen LogP contribution in [0.4, 0.5) is 0 Å². The Labute approximate surface area is 125 Å². The third kappa shape index (κ3) is 5.76. The fourth-order valence-electron chi connectivity index (χ4n) is 1.25. The average Bonchev–Trinajstić information content (AvgIpc) is 2.22. The van der Waals surface area contributed by atoms with E-state index in [-0.39, 0.29) is 28.6 Å². The molecule has 0 atom stereocenters. The molecule has 0 bridgehead atoms. The van der Waals surface area contributed by atoms with Crippen molar-refractivity contribution in [3.05, 3.63) is 27.7 Å². The molecule has 10 heteroatoms. The van der Waals surface area contributed by atoms with E-state index in [4.69, 9.17) is 16.7 Å². The zero-order chi connectivity index (χ0) is 14.7. The molecule has 108 valence electrons. The van der Waals surface area contributed by atoms with E-state index in [9.17, 15) is 16.8 Å². The molecule has 0 fully saturated rings. The quantitative estimate of drug-likeness (QED) is 0.707. The van der Waals surface area contributed by atoms with E-state index in [1.807, 2.05) is 0 Å². The SMILES string of the molecule is NS(=O)(=O)CCCNS(=O)(=O)c1ccc(Br)cc1Cl. The van der Waals surface area contributed by atoms with Gasteiger partial charge in [0.15, 0.2) is 0 Å². The fraction of sp³-hybridized carbons (Fsp3) is 0.333. The number of halogens is 2. The lowest BCUT2D eigenvalue weighted by Crippen LogP contribution is -2.27. The highest BCUT2D eigenvalue weighted by atomic mass is 79.9. The Kier molecular flexibility index (Phi) is 5.78. The lowest BCUT2D eigenvalue weighted by atomic mass is 10.4. The number of hydrogen-bond donors (Lipinski definition) is 2. The summed E-state index contributed by atoms with van der Waals surface area (Å²) in [6.07, 6.45) is 0.0895. The maximum atomic E-state index is 11.9. The van der Waals surface area contributed by atoms with Gasteiger partial charge in [-0.25, -0.2) is 26.7 Å². The molecule has 0 saturated carbocycles. The molecule has 1 rings (SSSR count). The predicted molar refractivity (Wildman–Crippen MR) is 76.9 cm³/mol. The zero-order valence-corrected chi connectivity index (χ0v) is 13.6. The van der Waals surface area contributed by atoms with E-state index in [2.05, 4.69) is 20.7 Å². The second kappa shape index (κ2) is 6.51. The number of sulfonamides is 2. The molecule has 0 amide bonds. The molecular weight excluding hydrogens is 380 g/mol.